The third-order valence-electron chi connectivity index (χ3n) is 5.39. The molecule has 1 heteroatoms. The second-order valence-corrected chi connectivity index (χ2v) is 7.08. The average molecular weight is 238 g/mol. The van der Waals surface area contributed by atoms with Crippen LogP contribution in [0.4, 0.5) is 0 Å². The zero-order valence-corrected chi connectivity index (χ0v) is 11.9. The summed E-state index contributed by atoms with van der Waals surface area (Å²) in [5.74, 6) is 2.96. The van der Waals surface area contributed by atoms with Crippen LogP contribution in [0.5, 0.6) is 0 Å². The van der Waals surface area contributed by atoms with Crippen molar-refractivity contribution in [2.24, 2.45) is 23.7 Å². The van der Waals surface area contributed by atoms with Gasteiger partial charge >= 0.3 is 0 Å². The van der Waals surface area contributed by atoms with Crippen molar-refractivity contribution in [1.29, 1.82) is 0 Å². The quantitative estimate of drug-likeness (QED) is 0.756. The van der Waals surface area contributed by atoms with Crippen LogP contribution >= 0.6 is 0 Å². The number of hydrogen-bond donors (Lipinski definition) is 1. The summed E-state index contributed by atoms with van der Waals surface area (Å²) in [6.45, 7) is 6.95. The molecule has 2 fully saturated rings. The molecule has 0 aromatic carbocycles. The zero-order chi connectivity index (χ0) is 12.5. The molecule has 1 nitrogen and oxygen atoms in total. The van der Waals surface area contributed by atoms with Crippen molar-refractivity contribution >= 4 is 0 Å². The number of aliphatic hydroxyl groups is 1. The van der Waals surface area contributed by atoms with Gasteiger partial charge in [0.05, 0.1) is 5.60 Å². The van der Waals surface area contributed by atoms with Gasteiger partial charge in [-0.15, -0.1) is 0 Å². The molecule has 17 heavy (non-hydrogen) atoms. The van der Waals surface area contributed by atoms with E-state index in [1.807, 2.05) is 0 Å². The first-order valence-electron chi connectivity index (χ1n) is 7.76. The highest BCUT2D eigenvalue weighted by Crippen LogP contribution is 2.46. The molecule has 0 spiro atoms. The summed E-state index contributed by atoms with van der Waals surface area (Å²) in [6, 6.07) is 0. The lowest BCUT2D eigenvalue weighted by molar-refractivity contribution is -0.0908. The normalized spacial score (nSPS) is 48.0. The van der Waals surface area contributed by atoms with E-state index in [0.717, 1.165) is 18.8 Å². The molecule has 2 aliphatic rings. The fourth-order valence-corrected chi connectivity index (χ4v) is 4.59. The number of hydrogen-bond acceptors (Lipinski definition) is 1. The summed E-state index contributed by atoms with van der Waals surface area (Å²) in [6.07, 6.45) is 10.0. The summed E-state index contributed by atoms with van der Waals surface area (Å²) >= 11 is 0. The van der Waals surface area contributed by atoms with Crippen LogP contribution < -0.4 is 0 Å². The summed E-state index contributed by atoms with van der Waals surface area (Å²) in [4.78, 5) is 0. The molecule has 0 aromatic rings. The van der Waals surface area contributed by atoms with Gasteiger partial charge in [-0.1, -0.05) is 40.0 Å². The van der Waals surface area contributed by atoms with Gasteiger partial charge in [-0.05, 0) is 55.8 Å². The minimum Gasteiger partial charge on any atom is -0.390 e. The van der Waals surface area contributed by atoms with Crippen molar-refractivity contribution in [3.63, 3.8) is 0 Å². The van der Waals surface area contributed by atoms with Crippen molar-refractivity contribution < 1.29 is 5.11 Å². The van der Waals surface area contributed by atoms with Gasteiger partial charge in [-0.2, -0.15) is 0 Å². The van der Waals surface area contributed by atoms with Gasteiger partial charge in [-0.25, -0.2) is 0 Å². The molecule has 2 atom stereocenters. The smallest absolute Gasteiger partial charge is 0.0680 e. The Balaban J connectivity index is 1.96. The monoisotopic (exact) mass is 238 g/mol. The molecule has 0 radical (unpaired) electrons. The van der Waals surface area contributed by atoms with Crippen LogP contribution in [0.3, 0.4) is 0 Å². The third-order valence-corrected chi connectivity index (χ3v) is 5.39. The van der Waals surface area contributed by atoms with Crippen molar-refractivity contribution in [2.45, 2.75) is 77.7 Å². The molecule has 0 aromatic heterocycles. The highest BCUT2D eigenvalue weighted by molar-refractivity contribution is 4.94. The second-order valence-electron chi connectivity index (χ2n) is 7.08. The van der Waals surface area contributed by atoms with Crippen LogP contribution in [0.25, 0.3) is 0 Å². The second kappa shape index (κ2) is 5.30. The molecule has 2 saturated carbocycles. The molecule has 1 N–H and O–H groups in total. The maximum absolute atomic E-state index is 11.0. The predicted octanol–water partition coefficient (Wildman–Crippen LogP) is 4.39. The van der Waals surface area contributed by atoms with Crippen LogP contribution in [0.2, 0.25) is 0 Å². The largest absolute Gasteiger partial charge is 0.390 e. The Hall–Kier alpha value is -0.0400. The first-order chi connectivity index (χ1) is 8.03. The lowest BCUT2D eigenvalue weighted by Gasteiger charge is -2.46. The van der Waals surface area contributed by atoms with Gasteiger partial charge < -0.3 is 5.11 Å². The lowest BCUT2D eigenvalue weighted by atomic mass is 9.63. The maximum Gasteiger partial charge on any atom is 0.0680 e. The predicted molar refractivity (Wildman–Crippen MR) is 72.9 cm³/mol. The van der Waals surface area contributed by atoms with E-state index in [0.29, 0.717) is 17.8 Å². The summed E-state index contributed by atoms with van der Waals surface area (Å²) in [7, 11) is 0. The van der Waals surface area contributed by atoms with Crippen molar-refractivity contribution in [1.82, 2.24) is 0 Å². The molecular formula is C16H30O. The maximum atomic E-state index is 11.0. The molecular weight excluding hydrogens is 208 g/mol. The van der Waals surface area contributed by atoms with Gasteiger partial charge in [0.25, 0.3) is 0 Å². The molecule has 2 aliphatic carbocycles. The van der Waals surface area contributed by atoms with Crippen molar-refractivity contribution in [3.05, 3.63) is 0 Å². The zero-order valence-electron chi connectivity index (χ0n) is 11.9. The molecule has 0 aliphatic heterocycles. The third kappa shape index (κ3) is 3.05. The molecule has 100 valence electrons. The summed E-state index contributed by atoms with van der Waals surface area (Å²) in [5.41, 5.74) is -0.324. The molecule has 0 bridgehead atoms. The van der Waals surface area contributed by atoms with Crippen LogP contribution in [0, 0.1) is 23.7 Å². The van der Waals surface area contributed by atoms with Crippen LogP contribution in [-0.2, 0) is 0 Å². The van der Waals surface area contributed by atoms with Crippen LogP contribution in [-0.4, -0.2) is 10.7 Å². The molecule has 2 rings (SSSR count). The molecule has 0 amide bonds. The van der Waals surface area contributed by atoms with Crippen molar-refractivity contribution in [2.75, 3.05) is 0 Å². The molecule has 0 saturated heterocycles. The Morgan fingerprint density at radius 1 is 1.00 bits per heavy atom. The van der Waals surface area contributed by atoms with E-state index < -0.39 is 0 Å². The fraction of sp³-hybridized carbons (Fsp3) is 1.00. The Morgan fingerprint density at radius 3 is 2.00 bits per heavy atom. The van der Waals surface area contributed by atoms with Gasteiger partial charge in [-0.3, -0.25) is 0 Å². The highest BCUT2D eigenvalue weighted by Gasteiger charge is 2.43. The minimum absolute atomic E-state index is 0.324. The van der Waals surface area contributed by atoms with Gasteiger partial charge in [0.1, 0.15) is 0 Å². The topological polar surface area (TPSA) is 20.2 Å². The Morgan fingerprint density at radius 2 is 1.53 bits per heavy atom. The van der Waals surface area contributed by atoms with E-state index in [4.69, 9.17) is 0 Å². The fourth-order valence-electron chi connectivity index (χ4n) is 4.59. The Bertz CT molecular complexity index is 230. The van der Waals surface area contributed by atoms with E-state index in [1.165, 1.54) is 38.5 Å². The molecule has 2 unspecified atom stereocenters. The van der Waals surface area contributed by atoms with Crippen molar-refractivity contribution in [3.8, 4) is 0 Å². The van der Waals surface area contributed by atoms with Crippen LogP contribution in [0.1, 0.15) is 72.1 Å². The standard InChI is InChI=1S/C16H30O/c1-4-14-5-7-15(8-6-14)16(17)10-12(2)9-13(3)11-16/h12-15,17H,4-11H2,1-3H3. The van der Waals surface area contributed by atoms with E-state index >= 15 is 0 Å². The van der Waals surface area contributed by atoms with E-state index in [2.05, 4.69) is 20.8 Å². The Labute approximate surface area is 107 Å². The first kappa shape index (κ1) is 13.4. The van der Waals surface area contributed by atoms with E-state index in [1.54, 1.807) is 0 Å². The minimum atomic E-state index is -0.324. The average Bonchev–Trinajstić information content (AvgIpc) is 2.27. The first-order valence-corrected chi connectivity index (χ1v) is 7.76. The van der Waals surface area contributed by atoms with Crippen LogP contribution in [0.15, 0.2) is 0 Å². The molecule has 0 heterocycles. The van der Waals surface area contributed by atoms with E-state index in [-0.39, 0.29) is 5.60 Å². The van der Waals surface area contributed by atoms with Gasteiger partial charge in [0.15, 0.2) is 0 Å². The van der Waals surface area contributed by atoms with E-state index in [9.17, 15) is 5.11 Å². The Kier molecular flexibility index (Phi) is 4.18. The number of rotatable bonds is 2. The highest BCUT2D eigenvalue weighted by atomic mass is 16.3. The SMILES string of the molecule is CCC1CCC(C2(O)CC(C)CC(C)C2)CC1. The summed E-state index contributed by atoms with van der Waals surface area (Å²) < 4.78 is 0. The lowest BCUT2D eigenvalue weighted by Crippen LogP contribution is -2.45. The summed E-state index contributed by atoms with van der Waals surface area (Å²) in [5, 5.41) is 11.0. The van der Waals surface area contributed by atoms with Gasteiger partial charge in [0, 0.05) is 0 Å². The van der Waals surface area contributed by atoms with Gasteiger partial charge in [0.2, 0.25) is 0 Å².